The summed E-state index contributed by atoms with van der Waals surface area (Å²) < 4.78 is 5.78. The maximum Gasteiger partial charge on any atom is 0.251 e. The quantitative estimate of drug-likeness (QED) is 0.712. The second-order valence-electron chi connectivity index (χ2n) is 5.54. The van der Waals surface area contributed by atoms with Crippen molar-refractivity contribution in [1.29, 1.82) is 0 Å². The van der Waals surface area contributed by atoms with Gasteiger partial charge in [0.2, 0.25) is 5.91 Å². The van der Waals surface area contributed by atoms with Crippen LogP contribution < -0.4 is 10.1 Å². The Morgan fingerprint density at radius 1 is 1.20 bits per heavy atom. The van der Waals surface area contributed by atoms with E-state index < -0.39 is 0 Å². The molecular weight excluding hydrogens is 360 g/mol. The highest BCUT2D eigenvalue weighted by molar-refractivity contribution is 7.16. The van der Waals surface area contributed by atoms with Crippen molar-refractivity contribution >= 4 is 34.8 Å². The number of hydrogen-bond acceptors (Lipinski definition) is 4. The van der Waals surface area contributed by atoms with E-state index in [2.05, 4.69) is 5.32 Å². The molecule has 0 saturated heterocycles. The van der Waals surface area contributed by atoms with Gasteiger partial charge < -0.3 is 15.0 Å². The van der Waals surface area contributed by atoms with E-state index in [1.54, 1.807) is 43.3 Å². The number of carbonyl (C=O) groups excluding carboxylic acids is 2. The average Bonchev–Trinajstić information content (AvgIpc) is 3.03. The van der Waals surface area contributed by atoms with Crippen molar-refractivity contribution in [2.24, 2.45) is 0 Å². The molecule has 134 valence electrons. The van der Waals surface area contributed by atoms with Gasteiger partial charge in [0.25, 0.3) is 5.91 Å². The highest BCUT2D eigenvalue weighted by Crippen LogP contribution is 2.22. The molecule has 0 aliphatic rings. The van der Waals surface area contributed by atoms with Gasteiger partial charge in [-0.2, -0.15) is 0 Å². The van der Waals surface area contributed by atoms with Crippen LogP contribution in [-0.2, 0) is 11.3 Å². The summed E-state index contributed by atoms with van der Waals surface area (Å²) in [6.45, 7) is 1.00. The zero-order chi connectivity index (χ0) is 18.2. The maximum absolute atomic E-state index is 12.1. The molecule has 25 heavy (non-hydrogen) atoms. The molecule has 0 bridgehead atoms. The SMILES string of the molecule is COc1ccc(C(=O)NCCCC(=O)N(C)Cc2ccc(Cl)s2)cc1. The van der Waals surface area contributed by atoms with Gasteiger partial charge >= 0.3 is 0 Å². The third-order valence-electron chi connectivity index (χ3n) is 3.65. The monoisotopic (exact) mass is 380 g/mol. The van der Waals surface area contributed by atoms with E-state index in [1.165, 1.54) is 11.3 Å². The van der Waals surface area contributed by atoms with Crippen LogP contribution in [0.1, 0.15) is 28.1 Å². The minimum atomic E-state index is -0.156. The van der Waals surface area contributed by atoms with Gasteiger partial charge in [-0.1, -0.05) is 11.6 Å². The summed E-state index contributed by atoms with van der Waals surface area (Å²) in [6, 6.07) is 10.6. The lowest BCUT2D eigenvalue weighted by atomic mass is 10.2. The summed E-state index contributed by atoms with van der Waals surface area (Å²) in [6.07, 6.45) is 0.981. The molecule has 0 atom stereocenters. The van der Waals surface area contributed by atoms with Crippen molar-refractivity contribution in [3.63, 3.8) is 0 Å². The first-order valence-electron chi connectivity index (χ1n) is 7.90. The maximum atomic E-state index is 12.1. The molecule has 0 radical (unpaired) electrons. The second kappa shape index (κ2) is 9.44. The molecular formula is C18H21ClN2O3S. The lowest BCUT2D eigenvalue weighted by Gasteiger charge is -2.16. The molecule has 2 rings (SSSR count). The van der Waals surface area contributed by atoms with Gasteiger partial charge in [-0.05, 0) is 42.8 Å². The molecule has 1 aromatic carbocycles. The molecule has 0 unspecified atom stereocenters. The number of thiophene rings is 1. The summed E-state index contributed by atoms with van der Waals surface area (Å²) in [7, 11) is 3.35. The van der Waals surface area contributed by atoms with Gasteiger partial charge in [0, 0.05) is 30.5 Å². The van der Waals surface area contributed by atoms with Crippen LogP contribution in [0, 0.1) is 0 Å². The molecule has 0 aliphatic carbocycles. The van der Waals surface area contributed by atoms with Gasteiger partial charge in [-0.15, -0.1) is 11.3 Å². The van der Waals surface area contributed by atoms with E-state index in [-0.39, 0.29) is 11.8 Å². The molecule has 1 aromatic heterocycles. The van der Waals surface area contributed by atoms with Crippen LogP contribution in [0.4, 0.5) is 0 Å². The van der Waals surface area contributed by atoms with Gasteiger partial charge in [-0.3, -0.25) is 9.59 Å². The summed E-state index contributed by atoms with van der Waals surface area (Å²) in [5.74, 6) is 0.595. The first-order chi connectivity index (χ1) is 12.0. The van der Waals surface area contributed by atoms with Crippen molar-refractivity contribution in [3.8, 4) is 5.75 Å². The number of ether oxygens (including phenoxy) is 1. The molecule has 1 heterocycles. The predicted octanol–water partition coefficient (Wildman–Crippen LogP) is 3.58. The summed E-state index contributed by atoms with van der Waals surface area (Å²) in [4.78, 5) is 26.8. The Kier molecular flexibility index (Phi) is 7.28. The fraction of sp³-hybridized carbons (Fsp3) is 0.333. The Morgan fingerprint density at radius 2 is 1.92 bits per heavy atom. The molecule has 0 aliphatic heterocycles. The average molecular weight is 381 g/mol. The Balaban J connectivity index is 1.68. The van der Waals surface area contributed by atoms with E-state index in [4.69, 9.17) is 16.3 Å². The number of rotatable bonds is 8. The van der Waals surface area contributed by atoms with Crippen molar-refractivity contribution in [2.75, 3.05) is 20.7 Å². The van der Waals surface area contributed by atoms with Gasteiger partial charge in [0.1, 0.15) is 5.75 Å². The third kappa shape index (κ3) is 6.07. The Morgan fingerprint density at radius 3 is 2.52 bits per heavy atom. The van der Waals surface area contributed by atoms with Gasteiger partial charge in [0.05, 0.1) is 18.0 Å². The minimum absolute atomic E-state index is 0.0446. The van der Waals surface area contributed by atoms with Gasteiger partial charge in [0.15, 0.2) is 0 Å². The first-order valence-corrected chi connectivity index (χ1v) is 9.09. The fourth-order valence-corrected chi connectivity index (χ4v) is 3.38. The Labute approximate surface area is 156 Å². The molecule has 2 aromatic rings. The van der Waals surface area contributed by atoms with E-state index in [0.29, 0.717) is 37.2 Å². The van der Waals surface area contributed by atoms with E-state index in [9.17, 15) is 9.59 Å². The molecule has 0 spiro atoms. The van der Waals surface area contributed by atoms with Crippen LogP contribution in [0.3, 0.4) is 0 Å². The lowest BCUT2D eigenvalue weighted by molar-refractivity contribution is -0.130. The van der Waals surface area contributed by atoms with E-state index in [1.807, 2.05) is 12.1 Å². The smallest absolute Gasteiger partial charge is 0.251 e. The second-order valence-corrected chi connectivity index (χ2v) is 7.34. The number of methoxy groups -OCH3 is 1. The minimum Gasteiger partial charge on any atom is -0.497 e. The summed E-state index contributed by atoms with van der Waals surface area (Å²) in [5, 5.41) is 2.82. The standard InChI is InChI=1S/C18H21ClN2O3S/c1-21(12-15-9-10-16(19)25-15)17(22)4-3-11-20-18(23)13-5-7-14(24-2)8-6-13/h5-10H,3-4,11-12H2,1-2H3,(H,20,23). The van der Waals surface area contributed by atoms with Crippen molar-refractivity contribution in [3.05, 3.63) is 51.2 Å². The van der Waals surface area contributed by atoms with Crippen molar-refractivity contribution in [2.45, 2.75) is 19.4 Å². The molecule has 0 saturated carbocycles. The summed E-state index contributed by atoms with van der Waals surface area (Å²) in [5.41, 5.74) is 0.568. The lowest BCUT2D eigenvalue weighted by Crippen LogP contribution is -2.28. The fourth-order valence-electron chi connectivity index (χ4n) is 2.24. The Bertz CT molecular complexity index is 715. The number of carbonyl (C=O) groups is 2. The molecule has 7 heteroatoms. The molecule has 1 N–H and O–H groups in total. The number of amides is 2. The molecule has 2 amide bonds. The predicted molar refractivity (Wildman–Crippen MR) is 100 cm³/mol. The van der Waals surface area contributed by atoms with Gasteiger partial charge in [-0.25, -0.2) is 0 Å². The van der Waals surface area contributed by atoms with E-state index >= 15 is 0 Å². The number of hydrogen-bond donors (Lipinski definition) is 1. The van der Waals surface area contributed by atoms with Crippen LogP contribution in [0.25, 0.3) is 0 Å². The number of benzene rings is 1. The van der Waals surface area contributed by atoms with Crippen LogP contribution in [0.5, 0.6) is 5.75 Å². The summed E-state index contributed by atoms with van der Waals surface area (Å²) >= 11 is 7.36. The number of nitrogens with one attached hydrogen (secondary N) is 1. The topological polar surface area (TPSA) is 58.6 Å². The molecule has 5 nitrogen and oxygen atoms in total. The first kappa shape index (κ1) is 19.3. The highest BCUT2D eigenvalue weighted by Gasteiger charge is 2.11. The Hall–Kier alpha value is -2.05. The van der Waals surface area contributed by atoms with Crippen LogP contribution in [-0.4, -0.2) is 37.4 Å². The van der Waals surface area contributed by atoms with Crippen molar-refractivity contribution < 1.29 is 14.3 Å². The zero-order valence-electron chi connectivity index (χ0n) is 14.3. The number of nitrogens with zero attached hydrogens (tertiary/aromatic N) is 1. The van der Waals surface area contributed by atoms with Crippen LogP contribution in [0.15, 0.2) is 36.4 Å². The number of halogens is 1. The third-order valence-corrected chi connectivity index (χ3v) is 4.87. The van der Waals surface area contributed by atoms with E-state index in [0.717, 1.165) is 9.21 Å². The van der Waals surface area contributed by atoms with Crippen LogP contribution in [0.2, 0.25) is 4.34 Å². The van der Waals surface area contributed by atoms with Crippen molar-refractivity contribution in [1.82, 2.24) is 10.2 Å². The molecule has 0 fully saturated rings. The zero-order valence-corrected chi connectivity index (χ0v) is 15.8. The highest BCUT2D eigenvalue weighted by atomic mass is 35.5. The largest absolute Gasteiger partial charge is 0.497 e. The normalized spacial score (nSPS) is 10.4. The van der Waals surface area contributed by atoms with Crippen LogP contribution >= 0.6 is 22.9 Å².